The van der Waals surface area contributed by atoms with E-state index in [9.17, 15) is 0 Å². The van der Waals surface area contributed by atoms with Crippen molar-refractivity contribution in [2.75, 3.05) is 11.1 Å². The van der Waals surface area contributed by atoms with Gasteiger partial charge in [-0.2, -0.15) is 5.10 Å². The van der Waals surface area contributed by atoms with Crippen LogP contribution in [0.2, 0.25) is 0 Å². The zero-order valence-electron chi connectivity index (χ0n) is 10.5. The lowest BCUT2D eigenvalue weighted by molar-refractivity contribution is 0.796. The molecule has 0 bridgehead atoms. The largest absolute Gasteiger partial charge is 0.397 e. The van der Waals surface area contributed by atoms with Crippen molar-refractivity contribution in [1.29, 1.82) is 0 Å². The van der Waals surface area contributed by atoms with Gasteiger partial charge < -0.3 is 11.1 Å². The highest BCUT2D eigenvalue weighted by Crippen LogP contribution is 2.30. The highest BCUT2D eigenvalue weighted by Gasteiger charge is 2.11. The molecule has 2 aromatic heterocycles. The number of nitrogen functional groups attached to an aromatic ring is 1. The first-order valence-electron chi connectivity index (χ1n) is 5.99. The fourth-order valence-corrected chi connectivity index (χ4v) is 2.04. The summed E-state index contributed by atoms with van der Waals surface area (Å²) in [5.74, 6) is 0.772. The molecule has 4 N–H and O–H groups in total. The molecule has 0 aliphatic carbocycles. The van der Waals surface area contributed by atoms with E-state index in [1.807, 2.05) is 25.1 Å². The monoisotopic (exact) mass is 254 g/mol. The minimum Gasteiger partial charge on any atom is -0.397 e. The van der Waals surface area contributed by atoms with Crippen molar-refractivity contribution in [3.8, 4) is 0 Å². The van der Waals surface area contributed by atoms with Gasteiger partial charge in [0.25, 0.3) is 0 Å². The summed E-state index contributed by atoms with van der Waals surface area (Å²) in [5.41, 5.74) is 7.78. The fraction of sp³-hybridized carbons (Fsp3) is 0.154. The third kappa shape index (κ3) is 2.08. The van der Waals surface area contributed by atoms with Crippen molar-refractivity contribution < 1.29 is 0 Å². The van der Waals surface area contributed by atoms with Gasteiger partial charge in [-0.3, -0.25) is 10.1 Å². The van der Waals surface area contributed by atoms with E-state index in [-0.39, 0.29) is 6.04 Å². The number of nitrogens with one attached hydrogen (secondary N) is 2. The summed E-state index contributed by atoms with van der Waals surface area (Å²) in [6, 6.07) is 5.86. The summed E-state index contributed by atoms with van der Waals surface area (Å²) in [6.45, 7) is 2.00. The number of benzene rings is 1. The molecule has 3 aromatic rings. The topological polar surface area (TPSA) is 92.5 Å². The van der Waals surface area contributed by atoms with Crippen molar-refractivity contribution >= 4 is 22.1 Å². The second-order valence-corrected chi connectivity index (χ2v) is 4.36. The van der Waals surface area contributed by atoms with E-state index in [4.69, 9.17) is 5.73 Å². The normalized spacial score (nSPS) is 12.5. The first-order valence-corrected chi connectivity index (χ1v) is 5.99. The molecule has 1 atom stereocenters. The fourth-order valence-electron chi connectivity index (χ4n) is 2.04. The standard InChI is InChI=1S/C13H14N6/c1-8(13-16-7-17-19-13)18-11-3-2-9-6-15-5-4-10(9)12(11)14/h2-8,18H,14H2,1H3,(H,16,17,19). The van der Waals surface area contributed by atoms with E-state index >= 15 is 0 Å². The van der Waals surface area contributed by atoms with Gasteiger partial charge in [0.2, 0.25) is 0 Å². The number of rotatable bonds is 3. The zero-order valence-corrected chi connectivity index (χ0v) is 10.5. The predicted molar refractivity (Wildman–Crippen MR) is 74.6 cm³/mol. The van der Waals surface area contributed by atoms with Crippen LogP contribution in [-0.2, 0) is 0 Å². The second kappa shape index (κ2) is 4.56. The summed E-state index contributed by atoms with van der Waals surface area (Å²) >= 11 is 0. The Hall–Kier alpha value is -2.63. The molecule has 96 valence electrons. The molecule has 1 aromatic carbocycles. The minimum atomic E-state index is 0.00378. The Kier molecular flexibility index (Phi) is 2.75. The van der Waals surface area contributed by atoms with E-state index in [0.717, 1.165) is 22.3 Å². The molecule has 0 fully saturated rings. The molecule has 19 heavy (non-hydrogen) atoms. The lowest BCUT2D eigenvalue weighted by Crippen LogP contribution is -2.10. The Morgan fingerprint density at radius 2 is 2.21 bits per heavy atom. The summed E-state index contributed by atoms with van der Waals surface area (Å²) in [7, 11) is 0. The van der Waals surface area contributed by atoms with Crippen LogP contribution in [0.15, 0.2) is 36.9 Å². The molecule has 0 aliphatic heterocycles. The highest BCUT2D eigenvalue weighted by atomic mass is 15.2. The molecular weight excluding hydrogens is 240 g/mol. The van der Waals surface area contributed by atoms with Crippen LogP contribution in [0.25, 0.3) is 10.8 Å². The van der Waals surface area contributed by atoms with Gasteiger partial charge in [0.15, 0.2) is 0 Å². The average molecular weight is 254 g/mol. The first kappa shape index (κ1) is 11.5. The Morgan fingerprint density at radius 3 is 3.00 bits per heavy atom. The lowest BCUT2D eigenvalue weighted by Gasteiger charge is -2.15. The van der Waals surface area contributed by atoms with Gasteiger partial charge in [0, 0.05) is 23.2 Å². The van der Waals surface area contributed by atoms with Crippen LogP contribution in [0.3, 0.4) is 0 Å². The summed E-state index contributed by atoms with van der Waals surface area (Å²) in [4.78, 5) is 8.21. The van der Waals surface area contributed by atoms with Crippen LogP contribution in [0.1, 0.15) is 18.8 Å². The maximum Gasteiger partial charge on any atom is 0.146 e. The second-order valence-electron chi connectivity index (χ2n) is 4.36. The maximum atomic E-state index is 6.18. The number of hydrogen-bond donors (Lipinski definition) is 3. The van der Waals surface area contributed by atoms with Gasteiger partial charge in [-0.05, 0) is 19.1 Å². The molecule has 2 heterocycles. The molecule has 0 aliphatic rings. The first-order chi connectivity index (χ1) is 9.25. The number of anilines is 2. The Balaban J connectivity index is 1.95. The molecule has 1 unspecified atom stereocenters. The summed E-state index contributed by atoms with van der Waals surface area (Å²) in [5, 5.41) is 12.0. The van der Waals surface area contributed by atoms with E-state index in [2.05, 4.69) is 25.5 Å². The lowest BCUT2D eigenvalue weighted by atomic mass is 10.1. The summed E-state index contributed by atoms with van der Waals surface area (Å²) < 4.78 is 0. The Morgan fingerprint density at radius 1 is 1.32 bits per heavy atom. The van der Waals surface area contributed by atoms with E-state index in [1.165, 1.54) is 6.33 Å². The van der Waals surface area contributed by atoms with Gasteiger partial charge in [0.05, 0.1) is 17.4 Å². The molecule has 3 rings (SSSR count). The molecule has 0 spiro atoms. The highest BCUT2D eigenvalue weighted by molar-refractivity contribution is 5.98. The average Bonchev–Trinajstić information content (AvgIpc) is 2.96. The SMILES string of the molecule is CC(Nc1ccc2cnccc2c1N)c1ncn[nH]1. The molecule has 6 heteroatoms. The van der Waals surface area contributed by atoms with Gasteiger partial charge in [-0.1, -0.05) is 6.07 Å². The van der Waals surface area contributed by atoms with E-state index in [0.29, 0.717) is 5.69 Å². The zero-order chi connectivity index (χ0) is 13.2. The Bertz CT molecular complexity index is 691. The molecule has 0 saturated heterocycles. The van der Waals surface area contributed by atoms with Gasteiger partial charge in [-0.25, -0.2) is 4.98 Å². The van der Waals surface area contributed by atoms with Gasteiger partial charge >= 0.3 is 0 Å². The number of aromatic amines is 1. The third-order valence-corrected chi connectivity index (χ3v) is 3.08. The maximum absolute atomic E-state index is 6.18. The van der Waals surface area contributed by atoms with Crippen LogP contribution >= 0.6 is 0 Å². The van der Waals surface area contributed by atoms with Crippen molar-refractivity contribution in [2.45, 2.75) is 13.0 Å². The molecule has 6 nitrogen and oxygen atoms in total. The van der Waals surface area contributed by atoms with Gasteiger partial charge in [0.1, 0.15) is 12.2 Å². The molecular formula is C13H14N6. The van der Waals surface area contributed by atoms with Crippen LogP contribution in [-0.4, -0.2) is 20.2 Å². The third-order valence-electron chi connectivity index (χ3n) is 3.08. The van der Waals surface area contributed by atoms with Crippen LogP contribution < -0.4 is 11.1 Å². The minimum absolute atomic E-state index is 0.00378. The van der Waals surface area contributed by atoms with Crippen LogP contribution in [0.5, 0.6) is 0 Å². The number of hydrogen-bond acceptors (Lipinski definition) is 5. The van der Waals surface area contributed by atoms with Crippen molar-refractivity contribution in [1.82, 2.24) is 20.2 Å². The number of nitrogens with zero attached hydrogens (tertiary/aromatic N) is 3. The Labute approximate surface area is 110 Å². The van der Waals surface area contributed by atoms with Crippen molar-refractivity contribution in [2.24, 2.45) is 0 Å². The number of pyridine rings is 1. The van der Waals surface area contributed by atoms with Crippen LogP contribution in [0, 0.1) is 0 Å². The number of nitrogens with two attached hydrogens (primary N) is 1. The predicted octanol–water partition coefficient (Wildman–Crippen LogP) is 2.11. The number of H-pyrrole nitrogens is 1. The van der Waals surface area contributed by atoms with Crippen molar-refractivity contribution in [3.05, 3.63) is 42.7 Å². The molecule has 0 radical (unpaired) electrons. The number of fused-ring (bicyclic) bond motifs is 1. The summed E-state index contributed by atoms with van der Waals surface area (Å²) in [6.07, 6.45) is 5.03. The quantitative estimate of drug-likeness (QED) is 0.622. The van der Waals surface area contributed by atoms with E-state index < -0.39 is 0 Å². The smallest absolute Gasteiger partial charge is 0.146 e. The van der Waals surface area contributed by atoms with Crippen molar-refractivity contribution in [3.63, 3.8) is 0 Å². The molecule has 0 saturated carbocycles. The van der Waals surface area contributed by atoms with Crippen LogP contribution in [0.4, 0.5) is 11.4 Å². The van der Waals surface area contributed by atoms with Gasteiger partial charge in [-0.15, -0.1) is 0 Å². The number of aromatic nitrogens is 4. The van der Waals surface area contributed by atoms with E-state index in [1.54, 1.807) is 12.4 Å². The molecule has 0 amide bonds.